The van der Waals surface area contributed by atoms with Crippen molar-refractivity contribution in [1.29, 1.82) is 0 Å². The minimum absolute atomic E-state index is 0.673. The fourth-order valence-electron chi connectivity index (χ4n) is 2.98. The fraction of sp³-hybridized carbons (Fsp3) is 0.556. The molecule has 20 heavy (non-hydrogen) atoms. The van der Waals surface area contributed by atoms with Crippen molar-refractivity contribution in [3.63, 3.8) is 0 Å². The summed E-state index contributed by atoms with van der Waals surface area (Å²) in [5, 5.41) is 4.91. The van der Waals surface area contributed by atoms with E-state index in [1.165, 1.54) is 40.7 Å². The fourth-order valence-corrected chi connectivity index (χ4v) is 2.98. The van der Waals surface area contributed by atoms with Gasteiger partial charge in [0.15, 0.2) is 0 Å². The van der Waals surface area contributed by atoms with Crippen molar-refractivity contribution in [3.05, 3.63) is 34.6 Å². The summed E-state index contributed by atoms with van der Waals surface area (Å²) in [4.78, 5) is 0. The number of hydrogen-bond donors (Lipinski definition) is 1. The Morgan fingerprint density at radius 3 is 2.55 bits per heavy atom. The molecule has 0 bridgehead atoms. The SMILES string of the molecule is Cc1ccc(C)c2c(C3CC3)c(CNCC(C)C)oc12. The molecule has 0 atom stereocenters. The molecule has 1 aliphatic rings. The molecule has 3 rings (SSSR count). The first-order valence-corrected chi connectivity index (χ1v) is 7.80. The molecule has 1 aliphatic carbocycles. The highest BCUT2D eigenvalue weighted by molar-refractivity contribution is 5.89. The Kier molecular flexibility index (Phi) is 3.59. The molecule has 1 fully saturated rings. The molecule has 0 unspecified atom stereocenters. The molecule has 1 aromatic carbocycles. The van der Waals surface area contributed by atoms with Crippen LogP contribution in [0.2, 0.25) is 0 Å². The van der Waals surface area contributed by atoms with Crippen LogP contribution in [0.25, 0.3) is 11.0 Å². The molecular formula is C18H25NO. The molecule has 108 valence electrons. The molecule has 2 heteroatoms. The van der Waals surface area contributed by atoms with E-state index in [4.69, 9.17) is 4.42 Å². The molecule has 2 aromatic rings. The Hall–Kier alpha value is -1.28. The van der Waals surface area contributed by atoms with Crippen LogP contribution in [-0.2, 0) is 6.54 Å². The van der Waals surface area contributed by atoms with E-state index in [-0.39, 0.29) is 0 Å². The van der Waals surface area contributed by atoms with Crippen molar-refractivity contribution in [2.75, 3.05) is 6.54 Å². The third-order valence-corrected chi connectivity index (χ3v) is 4.18. The summed E-state index contributed by atoms with van der Waals surface area (Å²) >= 11 is 0. The van der Waals surface area contributed by atoms with E-state index < -0.39 is 0 Å². The summed E-state index contributed by atoms with van der Waals surface area (Å²) in [6.45, 7) is 10.7. The maximum absolute atomic E-state index is 6.23. The molecule has 0 amide bonds. The smallest absolute Gasteiger partial charge is 0.137 e. The largest absolute Gasteiger partial charge is 0.459 e. The summed E-state index contributed by atoms with van der Waals surface area (Å²) < 4.78 is 6.23. The van der Waals surface area contributed by atoms with E-state index in [1.807, 2.05) is 0 Å². The van der Waals surface area contributed by atoms with Gasteiger partial charge in [0.25, 0.3) is 0 Å². The van der Waals surface area contributed by atoms with Crippen molar-refractivity contribution in [2.24, 2.45) is 5.92 Å². The third-order valence-electron chi connectivity index (χ3n) is 4.18. The number of fused-ring (bicyclic) bond motifs is 1. The van der Waals surface area contributed by atoms with Gasteiger partial charge in [-0.25, -0.2) is 0 Å². The first kappa shape index (κ1) is 13.7. The normalized spacial score (nSPS) is 15.4. The standard InChI is InChI=1S/C18H25NO/c1-11(2)9-19-10-15-17(14-7-8-14)16-12(3)5-6-13(4)18(16)20-15/h5-6,11,14,19H,7-10H2,1-4H3. The molecule has 0 spiro atoms. The van der Waals surface area contributed by atoms with Crippen molar-refractivity contribution < 1.29 is 4.42 Å². The number of aryl methyl sites for hydroxylation is 2. The lowest BCUT2D eigenvalue weighted by atomic mass is 10.00. The second-order valence-corrected chi connectivity index (χ2v) is 6.64. The third kappa shape index (κ3) is 2.49. The number of furan rings is 1. The highest BCUT2D eigenvalue weighted by Crippen LogP contribution is 2.47. The lowest BCUT2D eigenvalue weighted by molar-refractivity contribution is 0.480. The summed E-state index contributed by atoms with van der Waals surface area (Å²) in [7, 11) is 0. The van der Waals surface area contributed by atoms with Crippen LogP contribution in [-0.4, -0.2) is 6.54 Å². The summed E-state index contributed by atoms with van der Waals surface area (Å²) in [5.74, 6) is 2.57. The van der Waals surface area contributed by atoms with Crippen molar-refractivity contribution in [3.8, 4) is 0 Å². The molecule has 0 radical (unpaired) electrons. The predicted molar refractivity (Wildman–Crippen MR) is 84.2 cm³/mol. The summed E-state index contributed by atoms with van der Waals surface area (Å²) in [6, 6.07) is 4.40. The molecule has 0 aliphatic heterocycles. The van der Waals surface area contributed by atoms with Gasteiger partial charge in [-0.3, -0.25) is 0 Å². The first-order valence-electron chi connectivity index (χ1n) is 7.80. The molecule has 1 N–H and O–H groups in total. The predicted octanol–water partition coefficient (Wildman–Crippen LogP) is 4.67. The summed E-state index contributed by atoms with van der Waals surface area (Å²) in [6.07, 6.45) is 2.64. The Balaban J connectivity index is 2.00. The van der Waals surface area contributed by atoms with Crippen LogP contribution in [0.4, 0.5) is 0 Å². The van der Waals surface area contributed by atoms with Gasteiger partial charge in [0.2, 0.25) is 0 Å². The molecular weight excluding hydrogens is 246 g/mol. The topological polar surface area (TPSA) is 25.2 Å². The van der Waals surface area contributed by atoms with Gasteiger partial charge >= 0.3 is 0 Å². The van der Waals surface area contributed by atoms with Crippen LogP contribution in [0.15, 0.2) is 16.5 Å². The maximum Gasteiger partial charge on any atom is 0.137 e. The van der Waals surface area contributed by atoms with E-state index in [2.05, 4.69) is 45.1 Å². The lowest BCUT2D eigenvalue weighted by Crippen LogP contribution is -2.19. The van der Waals surface area contributed by atoms with E-state index in [0.29, 0.717) is 5.92 Å². The summed E-state index contributed by atoms with van der Waals surface area (Å²) in [5.41, 5.74) is 5.19. The van der Waals surface area contributed by atoms with Gasteiger partial charge in [0.05, 0.1) is 6.54 Å². The van der Waals surface area contributed by atoms with Crippen LogP contribution >= 0.6 is 0 Å². The van der Waals surface area contributed by atoms with Gasteiger partial charge in [-0.15, -0.1) is 0 Å². The van der Waals surface area contributed by atoms with Crippen LogP contribution in [0.3, 0.4) is 0 Å². The van der Waals surface area contributed by atoms with Gasteiger partial charge in [-0.2, -0.15) is 0 Å². The molecule has 1 saturated carbocycles. The average Bonchev–Trinajstić information content (AvgIpc) is 3.15. The maximum atomic E-state index is 6.23. The molecule has 0 saturated heterocycles. The van der Waals surface area contributed by atoms with E-state index in [9.17, 15) is 0 Å². The van der Waals surface area contributed by atoms with E-state index >= 15 is 0 Å². The number of hydrogen-bond acceptors (Lipinski definition) is 2. The van der Waals surface area contributed by atoms with Gasteiger partial charge in [0, 0.05) is 10.9 Å². The Bertz CT molecular complexity index is 620. The molecule has 1 aromatic heterocycles. The zero-order valence-electron chi connectivity index (χ0n) is 13.0. The highest BCUT2D eigenvalue weighted by atomic mass is 16.3. The van der Waals surface area contributed by atoms with Crippen LogP contribution in [0.5, 0.6) is 0 Å². The van der Waals surface area contributed by atoms with Gasteiger partial charge < -0.3 is 9.73 Å². The zero-order valence-corrected chi connectivity index (χ0v) is 13.0. The van der Waals surface area contributed by atoms with Crippen molar-refractivity contribution in [1.82, 2.24) is 5.32 Å². The van der Waals surface area contributed by atoms with Crippen molar-refractivity contribution in [2.45, 2.75) is 53.0 Å². The Labute approximate surface area is 121 Å². The van der Waals surface area contributed by atoms with Crippen LogP contribution < -0.4 is 5.32 Å². The number of nitrogens with one attached hydrogen (secondary N) is 1. The zero-order chi connectivity index (χ0) is 14.3. The average molecular weight is 271 g/mol. The van der Waals surface area contributed by atoms with Crippen LogP contribution in [0, 0.1) is 19.8 Å². The first-order chi connectivity index (χ1) is 9.58. The molecule has 2 nitrogen and oxygen atoms in total. The number of rotatable bonds is 5. The van der Waals surface area contributed by atoms with E-state index in [1.54, 1.807) is 0 Å². The van der Waals surface area contributed by atoms with Gasteiger partial charge in [0.1, 0.15) is 11.3 Å². The van der Waals surface area contributed by atoms with Gasteiger partial charge in [-0.05, 0) is 56.2 Å². The quantitative estimate of drug-likeness (QED) is 0.854. The van der Waals surface area contributed by atoms with Crippen molar-refractivity contribution >= 4 is 11.0 Å². The van der Waals surface area contributed by atoms with E-state index in [0.717, 1.165) is 24.6 Å². The lowest BCUT2D eigenvalue weighted by Gasteiger charge is -2.07. The Morgan fingerprint density at radius 1 is 1.20 bits per heavy atom. The van der Waals surface area contributed by atoms with Gasteiger partial charge in [-0.1, -0.05) is 26.0 Å². The monoisotopic (exact) mass is 271 g/mol. The minimum Gasteiger partial charge on any atom is -0.459 e. The highest BCUT2D eigenvalue weighted by Gasteiger charge is 2.31. The second-order valence-electron chi connectivity index (χ2n) is 6.64. The molecule has 1 heterocycles. The van der Waals surface area contributed by atoms with Crippen LogP contribution in [0.1, 0.15) is 55.1 Å². The Morgan fingerprint density at radius 2 is 1.90 bits per heavy atom. The minimum atomic E-state index is 0.673. The number of benzene rings is 1. The second kappa shape index (κ2) is 5.25.